The van der Waals surface area contributed by atoms with Crippen LogP contribution in [-0.4, -0.2) is 55.8 Å². The SMILES string of the molecule is COC(=O)c1ccc(N2CCC(N[C@@H](CNCc3ccc(C4CC4)c(OC)c3)c3ccccc3C(C)C)CC2)cc1Oc1cnc2[nH]ccc2c1. The molecule has 1 aliphatic carbocycles. The summed E-state index contributed by atoms with van der Waals surface area (Å²) in [5, 5.41) is 8.77. The molecular weight excluding hydrogens is 638 g/mol. The van der Waals surface area contributed by atoms with Gasteiger partial charge in [0.2, 0.25) is 0 Å². The average molecular weight is 688 g/mol. The molecule has 2 aromatic heterocycles. The van der Waals surface area contributed by atoms with Crippen molar-refractivity contribution >= 4 is 22.7 Å². The number of hydrogen-bond acceptors (Lipinski definition) is 8. The van der Waals surface area contributed by atoms with Gasteiger partial charge in [0.15, 0.2) is 0 Å². The number of pyridine rings is 1. The number of rotatable bonds is 14. The van der Waals surface area contributed by atoms with Gasteiger partial charge in [-0.3, -0.25) is 0 Å². The van der Waals surface area contributed by atoms with E-state index in [9.17, 15) is 4.79 Å². The van der Waals surface area contributed by atoms with E-state index < -0.39 is 5.97 Å². The van der Waals surface area contributed by atoms with Crippen molar-refractivity contribution in [1.29, 1.82) is 0 Å². The molecule has 0 unspecified atom stereocenters. The summed E-state index contributed by atoms with van der Waals surface area (Å²) in [6.45, 7) is 7.90. The van der Waals surface area contributed by atoms with Crippen molar-refractivity contribution in [3.8, 4) is 17.2 Å². The highest BCUT2D eigenvalue weighted by Gasteiger charge is 2.28. The number of nitrogens with one attached hydrogen (secondary N) is 3. The molecule has 1 aliphatic heterocycles. The maximum Gasteiger partial charge on any atom is 0.341 e. The first-order valence-electron chi connectivity index (χ1n) is 18.2. The third kappa shape index (κ3) is 8.05. The van der Waals surface area contributed by atoms with E-state index in [4.69, 9.17) is 14.2 Å². The fourth-order valence-corrected chi connectivity index (χ4v) is 7.33. The first-order chi connectivity index (χ1) is 24.9. The number of hydrogen-bond donors (Lipinski definition) is 3. The van der Waals surface area contributed by atoms with E-state index in [1.165, 1.54) is 42.2 Å². The largest absolute Gasteiger partial charge is 0.496 e. The minimum absolute atomic E-state index is 0.165. The van der Waals surface area contributed by atoms with Crippen molar-refractivity contribution in [2.75, 3.05) is 38.8 Å². The molecule has 51 heavy (non-hydrogen) atoms. The smallest absolute Gasteiger partial charge is 0.341 e. The average Bonchev–Trinajstić information content (AvgIpc) is 3.90. The van der Waals surface area contributed by atoms with Crippen molar-refractivity contribution in [2.45, 2.75) is 70.0 Å². The number of nitrogens with zero attached hydrogens (tertiary/aromatic N) is 2. The lowest BCUT2D eigenvalue weighted by Gasteiger charge is -2.37. The van der Waals surface area contributed by atoms with Gasteiger partial charge in [0.1, 0.15) is 28.5 Å². The number of carbonyl (C=O) groups is 1. The number of piperidine rings is 1. The molecule has 3 N–H and O–H groups in total. The zero-order chi connectivity index (χ0) is 35.3. The molecule has 0 bridgehead atoms. The molecule has 2 fully saturated rings. The molecule has 3 heterocycles. The Balaban J connectivity index is 1.03. The van der Waals surface area contributed by atoms with Gasteiger partial charge in [0.05, 0.1) is 20.4 Å². The van der Waals surface area contributed by atoms with Crippen molar-refractivity contribution in [1.82, 2.24) is 20.6 Å². The number of esters is 1. The van der Waals surface area contributed by atoms with Crippen LogP contribution < -0.4 is 25.0 Å². The van der Waals surface area contributed by atoms with Crippen LogP contribution in [0.2, 0.25) is 0 Å². The molecule has 3 aromatic carbocycles. The molecule has 5 aromatic rings. The molecule has 9 heteroatoms. The van der Waals surface area contributed by atoms with Crippen LogP contribution in [0.1, 0.15) is 90.0 Å². The lowest BCUT2D eigenvalue weighted by atomic mass is 9.91. The Kier molecular flexibility index (Phi) is 10.6. The number of anilines is 1. The Bertz CT molecular complexity index is 1960. The first kappa shape index (κ1) is 34.6. The fraction of sp³-hybridized carbons (Fsp3) is 0.381. The zero-order valence-corrected chi connectivity index (χ0v) is 30.1. The van der Waals surface area contributed by atoms with Gasteiger partial charge in [-0.25, -0.2) is 9.78 Å². The van der Waals surface area contributed by atoms with Gasteiger partial charge in [-0.1, -0.05) is 50.2 Å². The number of ether oxygens (including phenoxy) is 3. The molecule has 1 saturated heterocycles. The molecule has 0 amide bonds. The van der Waals surface area contributed by atoms with E-state index in [0.717, 1.165) is 61.5 Å². The second-order valence-corrected chi connectivity index (χ2v) is 14.1. The van der Waals surface area contributed by atoms with Crippen molar-refractivity contribution in [3.63, 3.8) is 0 Å². The van der Waals surface area contributed by atoms with Crippen LogP contribution in [0.3, 0.4) is 0 Å². The van der Waals surface area contributed by atoms with E-state index in [2.05, 4.69) is 81.8 Å². The highest BCUT2D eigenvalue weighted by molar-refractivity contribution is 5.93. The highest BCUT2D eigenvalue weighted by Crippen LogP contribution is 2.44. The maximum absolute atomic E-state index is 12.7. The van der Waals surface area contributed by atoms with Crippen molar-refractivity contribution in [2.24, 2.45) is 0 Å². The molecular formula is C42H49N5O4. The third-order valence-corrected chi connectivity index (χ3v) is 10.3. The second-order valence-electron chi connectivity index (χ2n) is 14.1. The Labute approximate surface area is 300 Å². The van der Waals surface area contributed by atoms with Crippen LogP contribution in [-0.2, 0) is 11.3 Å². The number of H-pyrrole nitrogens is 1. The normalized spacial score (nSPS) is 15.7. The number of carbonyl (C=O) groups excluding carboxylic acids is 1. The lowest BCUT2D eigenvalue weighted by molar-refractivity contribution is 0.0598. The topological polar surface area (TPSA) is 101 Å². The van der Waals surface area contributed by atoms with Gasteiger partial charge < -0.3 is 34.7 Å². The Morgan fingerprint density at radius 1 is 0.941 bits per heavy atom. The van der Waals surface area contributed by atoms with Crippen molar-refractivity contribution < 1.29 is 19.0 Å². The van der Waals surface area contributed by atoms with Crippen LogP contribution in [0.25, 0.3) is 11.0 Å². The van der Waals surface area contributed by atoms with E-state index in [1.54, 1.807) is 19.4 Å². The van der Waals surface area contributed by atoms with E-state index >= 15 is 0 Å². The Morgan fingerprint density at radius 2 is 1.75 bits per heavy atom. The van der Waals surface area contributed by atoms with Gasteiger partial charge in [-0.15, -0.1) is 0 Å². The van der Waals surface area contributed by atoms with Gasteiger partial charge in [0.25, 0.3) is 0 Å². The van der Waals surface area contributed by atoms with Gasteiger partial charge >= 0.3 is 5.97 Å². The van der Waals surface area contributed by atoms with Crippen LogP contribution in [0.4, 0.5) is 5.69 Å². The summed E-state index contributed by atoms with van der Waals surface area (Å²) in [7, 11) is 3.16. The molecule has 266 valence electrons. The van der Waals surface area contributed by atoms with E-state index in [0.29, 0.717) is 34.9 Å². The molecule has 9 nitrogen and oxygen atoms in total. The lowest BCUT2D eigenvalue weighted by Crippen LogP contribution is -2.45. The molecule has 1 saturated carbocycles. The summed E-state index contributed by atoms with van der Waals surface area (Å²) in [5.74, 6) is 2.67. The molecule has 1 atom stereocenters. The molecule has 2 aliphatic rings. The number of aromatic amines is 1. The summed E-state index contributed by atoms with van der Waals surface area (Å²) in [5.41, 5.74) is 7.49. The molecule has 0 spiro atoms. The predicted octanol–water partition coefficient (Wildman–Crippen LogP) is 8.24. The number of methoxy groups -OCH3 is 2. The third-order valence-electron chi connectivity index (χ3n) is 10.3. The summed E-state index contributed by atoms with van der Waals surface area (Å²) >= 11 is 0. The standard InChI is InChI=1S/C42H49N5O4/c1-27(2)34-7-5-6-8-36(34)38(26-43-24-28-9-13-35(29-10-11-29)39(21-28)49-3)46-31-16-19-47(20-17-31)32-12-14-37(42(48)50-4)40(23-32)51-33-22-30-15-18-44-41(30)45-25-33/h5-9,12-15,18,21-23,25,27,29,31,38,43,46H,10-11,16-17,19-20,24,26H2,1-4H3,(H,44,45)/t38-/m0/s1. The Hall–Kier alpha value is -4.86. The maximum atomic E-state index is 12.7. The van der Waals surface area contributed by atoms with Gasteiger partial charge in [-0.2, -0.15) is 0 Å². The zero-order valence-electron chi connectivity index (χ0n) is 30.1. The van der Waals surface area contributed by atoms with Gasteiger partial charge in [-0.05, 0) is 90.1 Å². The monoisotopic (exact) mass is 687 g/mol. The number of fused-ring (bicyclic) bond motifs is 1. The second kappa shape index (κ2) is 15.6. The van der Waals surface area contributed by atoms with Crippen LogP contribution in [0.15, 0.2) is 85.2 Å². The van der Waals surface area contributed by atoms with E-state index in [1.807, 2.05) is 30.5 Å². The molecule has 0 radical (unpaired) electrons. The first-order valence-corrected chi connectivity index (χ1v) is 18.2. The Morgan fingerprint density at radius 3 is 2.49 bits per heavy atom. The highest BCUT2D eigenvalue weighted by atomic mass is 16.5. The fourth-order valence-electron chi connectivity index (χ4n) is 7.33. The quantitative estimate of drug-likeness (QED) is 0.100. The predicted molar refractivity (Wildman–Crippen MR) is 202 cm³/mol. The minimum Gasteiger partial charge on any atom is -0.496 e. The summed E-state index contributed by atoms with van der Waals surface area (Å²) in [4.78, 5) is 22.6. The van der Waals surface area contributed by atoms with Crippen LogP contribution in [0.5, 0.6) is 17.2 Å². The summed E-state index contributed by atoms with van der Waals surface area (Å²) in [6, 6.07) is 25.6. The van der Waals surface area contributed by atoms with Gasteiger partial charge in [0, 0.05) is 61.6 Å². The molecule has 7 rings (SSSR count). The number of aromatic nitrogens is 2. The summed E-state index contributed by atoms with van der Waals surface area (Å²) in [6.07, 6.45) is 8.00. The van der Waals surface area contributed by atoms with Crippen LogP contribution in [0, 0.1) is 0 Å². The minimum atomic E-state index is -0.439. The summed E-state index contributed by atoms with van der Waals surface area (Å²) < 4.78 is 17.1. The van der Waals surface area contributed by atoms with Crippen LogP contribution >= 0.6 is 0 Å². The van der Waals surface area contributed by atoms with Crippen molar-refractivity contribution in [3.05, 3.63) is 113 Å². The van der Waals surface area contributed by atoms with E-state index in [-0.39, 0.29) is 6.04 Å². The number of benzene rings is 3.